The van der Waals surface area contributed by atoms with E-state index in [1.165, 1.54) is 0 Å². The number of fused-ring (bicyclic) bond motifs is 2. The Morgan fingerprint density at radius 2 is 1.86 bits per heavy atom. The van der Waals surface area contributed by atoms with E-state index in [0.29, 0.717) is 29.3 Å². The fourth-order valence-electron chi connectivity index (χ4n) is 4.86. The van der Waals surface area contributed by atoms with Gasteiger partial charge in [-0.15, -0.1) is 0 Å². The Bertz CT molecular complexity index is 1480. The van der Waals surface area contributed by atoms with Crippen molar-refractivity contribution in [2.45, 2.75) is 64.7 Å². The summed E-state index contributed by atoms with van der Waals surface area (Å²) in [6.45, 7) is 6.61. The van der Waals surface area contributed by atoms with Crippen LogP contribution in [0.3, 0.4) is 0 Å². The summed E-state index contributed by atoms with van der Waals surface area (Å²) in [5, 5.41) is 26.8. The molecule has 3 aromatic heterocycles. The third-order valence-corrected chi connectivity index (χ3v) is 7.02. The Morgan fingerprint density at radius 3 is 2.57 bits per heavy atom. The SMILES string of the molecule is CCCCn1nc(-c2nc(N)c3c(n2)NC(=O)C3(C)c2ccc(CCC(O)O)cc2)c2ccc(C)nc21. The van der Waals surface area contributed by atoms with Crippen LogP contribution in [0.4, 0.5) is 11.6 Å². The number of hydrogen-bond acceptors (Lipinski definition) is 8. The van der Waals surface area contributed by atoms with E-state index in [0.717, 1.165) is 47.2 Å². The minimum atomic E-state index is -1.36. The van der Waals surface area contributed by atoms with Crippen LogP contribution in [-0.2, 0) is 23.2 Å². The van der Waals surface area contributed by atoms with E-state index in [-0.39, 0.29) is 18.1 Å². The lowest BCUT2D eigenvalue weighted by atomic mass is 9.77. The summed E-state index contributed by atoms with van der Waals surface area (Å²) in [4.78, 5) is 27.3. The highest BCUT2D eigenvalue weighted by molar-refractivity contribution is 6.09. The summed E-state index contributed by atoms with van der Waals surface area (Å²) in [6.07, 6.45) is 1.39. The van der Waals surface area contributed by atoms with Gasteiger partial charge in [-0.3, -0.25) is 4.79 Å². The molecule has 0 aliphatic carbocycles. The van der Waals surface area contributed by atoms with Crippen molar-refractivity contribution in [3.8, 4) is 11.5 Å². The number of aryl methyl sites for hydroxylation is 3. The standard InChI is InChI=1S/C27H31N7O3/c1-4-5-14-34-25-18(12-6-15(2)29-25)21(33-34)24-30-22(28)20-23(31-24)32-26(37)27(20,3)17-10-7-16(8-11-17)9-13-19(35)36/h6-8,10-12,19,35-36H,4-5,9,13-14H2,1-3H3,(H3,28,30,31,32,37). The van der Waals surface area contributed by atoms with Gasteiger partial charge < -0.3 is 21.3 Å². The second kappa shape index (κ2) is 9.53. The highest BCUT2D eigenvalue weighted by atomic mass is 16.5. The lowest BCUT2D eigenvalue weighted by Crippen LogP contribution is -2.33. The summed E-state index contributed by atoms with van der Waals surface area (Å²) in [5.41, 5.74) is 9.88. The number of aliphatic hydroxyl groups excluding tert-OH is 1. The van der Waals surface area contributed by atoms with E-state index in [9.17, 15) is 4.79 Å². The number of aliphatic hydroxyl groups is 2. The van der Waals surface area contributed by atoms with Gasteiger partial charge in [0.05, 0.1) is 10.9 Å². The van der Waals surface area contributed by atoms with Crippen molar-refractivity contribution in [2.75, 3.05) is 11.1 Å². The molecule has 0 saturated heterocycles. The van der Waals surface area contributed by atoms with Crippen molar-refractivity contribution in [3.63, 3.8) is 0 Å². The first-order valence-electron chi connectivity index (χ1n) is 12.5. The molecule has 192 valence electrons. The Labute approximate surface area is 214 Å². The van der Waals surface area contributed by atoms with Gasteiger partial charge >= 0.3 is 0 Å². The number of pyridine rings is 1. The number of amides is 1. The number of nitrogens with two attached hydrogens (primary N) is 1. The molecule has 0 radical (unpaired) electrons. The molecule has 4 aromatic rings. The highest BCUT2D eigenvalue weighted by Gasteiger charge is 2.47. The van der Waals surface area contributed by atoms with Crippen LogP contribution >= 0.6 is 0 Å². The number of carbonyl (C=O) groups is 1. The number of hydrogen-bond donors (Lipinski definition) is 4. The summed E-state index contributed by atoms with van der Waals surface area (Å²) < 4.78 is 1.88. The Kier molecular flexibility index (Phi) is 6.38. The third kappa shape index (κ3) is 4.32. The summed E-state index contributed by atoms with van der Waals surface area (Å²) in [6, 6.07) is 11.4. The minimum absolute atomic E-state index is 0.213. The first-order chi connectivity index (χ1) is 17.7. The van der Waals surface area contributed by atoms with Gasteiger partial charge in [-0.05, 0) is 49.9 Å². The number of anilines is 2. The molecule has 1 amide bonds. The normalized spacial score (nSPS) is 17.0. The molecule has 37 heavy (non-hydrogen) atoms. The Hall–Kier alpha value is -3.89. The molecule has 1 atom stereocenters. The first-order valence-corrected chi connectivity index (χ1v) is 12.5. The van der Waals surface area contributed by atoms with Crippen molar-refractivity contribution in [1.82, 2.24) is 24.7 Å². The average Bonchev–Trinajstić information content (AvgIpc) is 3.36. The van der Waals surface area contributed by atoms with Crippen LogP contribution in [0.25, 0.3) is 22.6 Å². The molecule has 0 bridgehead atoms. The molecule has 1 aliphatic rings. The molecule has 0 saturated carbocycles. The van der Waals surface area contributed by atoms with Crippen molar-refractivity contribution >= 4 is 28.6 Å². The topological polar surface area (TPSA) is 152 Å². The second-order valence-electron chi connectivity index (χ2n) is 9.70. The molecule has 10 nitrogen and oxygen atoms in total. The zero-order valence-corrected chi connectivity index (χ0v) is 21.2. The molecule has 1 aromatic carbocycles. The molecule has 0 spiro atoms. The van der Waals surface area contributed by atoms with Crippen LogP contribution in [-0.4, -0.2) is 47.1 Å². The zero-order valence-electron chi connectivity index (χ0n) is 21.2. The van der Waals surface area contributed by atoms with Crippen molar-refractivity contribution in [3.05, 3.63) is 58.8 Å². The van der Waals surface area contributed by atoms with Crippen LogP contribution in [0.15, 0.2) is 36.4 Å². The van der Waals surface area contributed by atoms with E-state index in [2.05, 4.69) is 17.2 Å². The fraction of sp³-hybridized carbons (Fsp3) is 0.370. The maximum Gasteiger partial charge on any atom is 0.240 e. The molecule has 1 aliphatic heterocycles. The van der Waals surface area contributed by atoms with Crippen LogP contribution in [0.1, 0.15) is 55.5 Å². The Morgan fingerprint density at radius 1 is 1.11 bits per heavy atom. The number of carbonyl (C=O) groups excluding carboxylic acids is 1. The number of rotatable bonds is 8. The average molecular weight is 502 g/mol. The van der Waals surface area contributed by atoms with Gasteiger partial charge in [-0.25, -0.2) is 19.6 Å². The molecular formula is C27H31N7O3. The second-order valence-corrected chi connectivity index (χ2v) is 9.70. The number of nitrogens with zero attached hydrogens (tertiary/aromatic N) is 5. The highest BCUT2D eigenvalue weighted by Crippen LogP contribution is 2.45. The first kappa shape index (κ1) is 24.8. The summed E-state index contributed by atoms with van der Waals surface area (Å²) in [7, 11) is 0. The van der Waals surface area contributed by atoms with Gasteiger partial charge in [-0.2, -0.15) is 5.10 Å². The lowest BCUT2D eigenvalue weighted by molar-refractivity contribution is -0.119. The van der Waals surface area contributed by atoms with Gasteiger partial charge in [0.2, 0.25) is 5.91 Å². The molecule has 1 unspecified atom stereocenters. The van der Waals surface area contributed by atoms with Gasteiger partial charge in [-0.1, -0.05) is 37.6 Å². The smallest absolute Gasteiger partial charge is 0.240 e. The zero-order chi connectivity index (χ0) is 26.3. The number of benzene rings is 1. The van der Waals surface area contributed by atoms with Crippen molar-refractivity contribution < 1.29 is 15.0 Å². The molecule has 5 rings (SSSR count). The number of nitrogen functional groups attached to an aromatic ring is 1. The van der Waals surface area contributed by atoms with E-state index in [4.69, 9.17) is 31.0 Å². The minimum Gasteiger partial charge on any atom is -0.383 e. The monoisotopic (exact) mass is 501 g/mol. The van der Waals surface area contributed by atoms with Crippen LogP contribution < -0.4 is 11.1 Å². The fourth-order valence-corrected chi connectivity index (χ4v) is 4.86. The van der Waals surface area contributed by atoms with Gasteiger partial charge in [0.15, 0.2) is 17.8 Å². The van der Waals surface area contributed by atoms with Crippen LogP contribution in [0.2, 0.25) is 0 Å². The molecule has 10 heteroatoms. The van der Waals surface area contributed by atoms with Crippen LogP contribution in [0.5, 0.6) is 0 Å². The van der Waals surface area contributed by atoms with Gasteiger partial charge in [0, 0.05) is 18.7 Å². The largest absolute Gasteiger partial charge is 0.383 e. The summed E-state index contributed by atoms with van der Waals surface area (Å²) >= 11 is 0. The predicted molar refractivity (Wildman–Crippen MR) is 141 cm³/mol. The quantitative estimate of drug-likeness (QED) is 0.269. The van der Waals surface area contributed by atoms with Crippen molar-refractivity contribution in [1.29, 1.82) is 0 Å². The van der Waals surface area contributed by atoms with E-state index < -0.39 is 11.7 Å². The maximum atomic E-state index is 13.3. The number of unbranched alkanes of at least 4 members (excludes halogenated alkanes) is 1. The number of aromatic nitrogens is 5. The van der Waals surface area contributed by atoms with Crippen molar-refractivity contribution in [2.24, 2.45) is 0 Å². The molecule has 4 heterocycles. The number of nitrogens with one attached hydrogen (secondary N) is 1. The molecule has 0 fully saturated rings. The molecule has 5 N–H and O–H groups in total. The maximum absolute atomic E-state index is 13.3. The third-order valence-electron chi connectivity index (χ3n) is 7.02. The Balaban J connectivity index is 1.56. The van der Waals surface area contributed by atoms with Gasteiger partial charge in [0.25, 0.3) is 0 Å². The van der Waals surface area contributed by atoms with E-state index >= 15 is 0 Å². The predicted octanol–water partition coefficient (Wildman–Crippen LogP) is 3.08. The van der Waals surface area contributed by atoms with E-state index in [1.54, 1.807) is 0 Å². The van der Waals surface area contributed by atoms with Gasteiger partial charge in [0.1, 0.15) is 22.7 Å². The summed E-state index contributed by atoms with van der Waals surface area (Å²) in [5.74, 6) is 0.683. The molecular weight excluding hydrogens is 470 g/mol. The lowest BCUT2D eigenvalue weighted by Gasteiger charge is -2.23. The van der Waals surface area contributed by atoms with E-state index in [1.807, 2.05) is 54.9 Å². The van der Waals surface area contributed by atoms with Crippen LogP contribution in [0, 0.1) is 6.92 Å².